The highest BCUT2D eigenvalue weighted by Gasteiger charge is 2.61. The molecule has 0 aromatic rings. The fourth-order valence-electron chi connectivity index (χ4n) is 6.17. The molecule has 3 N–H and O–H groups in total. The predicted molar refractivity (Wildman–Crippen MR) is 153 cm³/mol. The maximum atomic E-state index is 13.9. The SMILES string of the molecule is C=C[C@@H]1C[C@]1(NC(=O)[C@@H]1C[C@@H](O)CN1C(=O)[C@H](CCCCCC)CC(=O)N1CCCCC1)C(=O)NS(=O)(=O)C1CC1. The molecule has 11 nitrogen and oxygen atoms in total. The minimum absolute atomic E-state index is 0.00295. The van der Waals surface area contributed by atoms with Gasteiger partial charge in [-0.3, -0.25) is 23.9 Å². The molecule has 4 amide bonds. The molecule has 0 aromatic heterocycles. The number of sulfonamides is 1. The van der Waals surface area contributed by atoms with Gasteiger partial charge in [0.1, 0.15) is 11.6 Å². The number of nitrogens with zero attached hydrogens (tertiary/aromatic N) is 2. The van der Waals surface area contributed by atoms with Gasteiger partial charge < -0.3 is 20.2 Å². The van der Waals surface area contributed by atoms with Crippen molar-refractivity contribution >= 4 is 33.7 Å². The molecule has 0 radical (unpaired) electrons. The van der Waals surface area contributed by atoms with Crippen molar-refractivity contribution in [3.8, 4) is 0 Å². The van der Waals surface area contributed by atoms with Crippen LogP contribution in [0.4, 0.5) is 0 Å². The van der Waals surface area contributed by atoms with Gasteiger partial charge in [-0.15, -0.1) is 6.58 Å². The van der Waals surface area contributed by atoms with E-state index < -0.39 is 56.6 Å². The van der Waals surface area contributed by atoms with E-state index in [0.717, 1.165) is 44.9 Å². The number of nitrogens with one attached hydrogen (secondary N) is 2. The topological polar surface area (TPSA) is 153 Å². The number of amides is 4. The zero-order chi connectivity index (χ0) is 29.8. The largest absolute Gasteiger partial charge is 0.391 e. The Kier molecular flexibility index (Phi) is 10.2. The Labute approximate surface area is 243 Å². The lowest BCUT2D eigenvalue weighted by Crippen LogP contribution is -2.57. The van der Waals surface area contributed by atoms with E-state index in [9.17, 15) is 32.7 Å². The number of likely N-dealkylation sites (tertiary alicyclic amines) is 2. The van der Waals surface area contributed by atoms with Crippen LogP contribution in [0.1, 0.15) is 90.4 Å². The minimum Gasteiger partial charge on any atom is -0.391 e. The number of carbonyl (C=O) groups is 4. The smallest absolute Gasteiger partial charge is 0.259 e. The summed E-state index contributed by atoms with van der Waals surface area (Å²) in [5, 5.41) is 12.6. The molecule has 2 saturated carbocycles. The van der Waals surface area contributed by atoms with Gasteiger partial charge in [0.25, 0.3) is 5.91 Å². The molecule has 41 heavy (non-hydrogen) atoms. The molecule has 4 fully saturated rings. The van der Waals surface area contributed by atoms with E-state index in [1.807, 2.05) is 4.90 Å². The molecule has 12 heteroatoms. The summed E-state index contributed by atoms with van der Waals surface area (Å²) in [7, 11) is -3.82. The van der Waals surface area contributed by atoms with Crippen LogP contribution in [0, 0.1) is 11.8 Å². The molecular formula is C29H46N4O7S. The molecule has 2 heterocycles. The second-order valence-corrected chi connectivity index (χ2v) is 14.2. The van der Waals surface area contributed by atoms with Crippen molar-refractivity contribution < 1.29 is 32.7 Å². The lowest BCUT2D eigenvalue weighted by atomic mass is 9.94. The normalized spacial score (nSPS) is 28.6. The first-order valence-electron chi connectivity index (χ1n) is 15.3. The monoisotopic (exact) mass is 594 g/mol. The Morgan fingerprint density at radius 1 is 1.10 bits per heavy atom. The molecule has 2 saturated heterocycles. The number of aliphatic hydroxyl groups excluding tert-OH is 1. The zero-order valence-corrected chi connectivity index (χ0v) is 25.0. The first kappa shape index (κ1) is 31.5. The third-order valence-electron chi connectivity index (χ3n) is 9.00. The molecule has 2 aliphatic carbocycles. The maximum Gasteiger partial charge on any atom is 0.259 e. The van der Waals surface area contributed by atoms with Crippen molar-refractivity contribution in [1.29, 1.82) is 0 Å². The quantitative estimate of drug-likeness (QED) is 0.204. The molecular weight excluding hydrogens is 548 g/mol. The summed E-state index contributed by atoms with van der Waals surface area (Å²) in [6.07, 6.45) is 9.11. The van der Waals surface area contributed by atoms with Crippen LogP contribution in [-0.2, 0) is 29.2 Å². The number of rotatable bonds is 14. The number of hydrogen-bond donors (Lipinski definition) is 3. The van der Waals surface area contributed by atoms with Gasteiger partial charge >= 0.3 is 0 Å². The second-order valence-electron chi connectivity index (χ2n) is 12.3. The molecule has 2 aliphatic heterocycles. The Balaban J connectivity index is 1.46. The lowest BCUT2D eigenvalue weighted by molar-refractivity contribution is -0.145. The maximum absolute atomic E-state index is 13.9. The first-order valence-corrected chi connectivity index (χ1v) is 16.8. The molecule has 5 atom stereocenters. The van der Waals surface area contributed by atoms with Crippen LogP contribution in [0.15, 0.2) is 12.7 Å². The first-order chi connectivity index (χ1) is 19.5. The van der Waals surface area contributed by atoms with Crippen molar-refractivity contribution in [2.45, 2.75) is 113 Å². The van der Waals surface area contributed by atoms with E-state index >= 15 is 0 Å². The average molecular weight is 595 g/mol. The molecule has 4 aliphatic rings. The van der Waals surface area contributed by atoms with Gasteiger partial charge in [0.2, 0.25) is 27.7 Å². The summed E-state index contributed by atoms with van der Waals surface area (Å²) < 4.78 is 27.0. The second kappa shape index (κ2) is 13.2. The van der Waals surface area contributed by atoms with Crippen molar-refractivity contribution in [1.82, 2.24) is 19.8 Å². The van der Waals surface area contributed by atoms with Crippen LogP contribution < -0.4 is 10.0 Å². The van der Waals surface area contributed by atoms with Gasteiger partial charge in [-0.25, -0.2) is 8.42 Å². The highest BCUT2D eigenvalue weighted by atomic mass is 32.2. The fraction of sp³-hybridized carbons (Fsp3) is 0.793. The zero-order valence-electron chi connectivity index (χ0n) is 24.2. The molecule has 230 valence electrons. The fourth-order valence-corrected chi connectivity index (χ4v) is 7.54. The van der Waals surface area contributed by atoms with E-state index in [1.165, 1.54) is 11.0 Å². The number of hydrogen-bond acceptors (Lipinski definition) is 7. The minimum atomic E-state index is -3.82. The summed E-state index contributed by atoms with van der Waals surface area (Å²) in [5.74, 6) is -2.88. The van der Waals surface area contributed by atoms with Gasteiger partial charge in [-0.1, -0.05) is 38.7 Å². The van der Waals surface area contributed by atoms with Gasteiger partial charge in [-0.2, -0.15) is 0 Å². The van der Waals surface area contributed by atoms with E-state index in [4.69, 9.17) is 0 Å². The number of carbonyl (C=O) groups excluding carboxylic acids is 4. The van der Waals surface area contributed by atoms with Crippen molar-refractivity contribution in [2.75, 3.05) is 19.6 Å². The third kappa shape index (κ3) is 7.49. The standard InChI is InChI=1S/C29H46N4O7S/c1-3-5-6-8-11-20(16-25(35)32-14-9-7-10-15-32)27(37)33-19-22(34)17-24(33)26(36)30-29(18-21(29)4-2)28(38)31-41(39,40)23-12-13-23/h4,20-24,34H,2-3,5-19H2,1H3,(H,30,36)(H,31,38)/t20-,21-,22-,24+,29-/m1/s1. The lowest BCUT2D eigenvalue weighted by Gasteiger charge is -2.31. The van der Waals surface area contributed by atoms with Gasteiger partial charge in [0, 0.05) is 44.3 Å². The van der Waals surface area contributed by atoms with Gasteiger partial charge in [-0.05, 0) is 44.9 Å². The summed E-state index contributed by atoms with van der Waals surface area (Å²) in [6, 6.07) is -1.03. The number of aliphatic hydroxyl groups is 1. The molecule has 0 unspecified atom stereocenters. The Morgan fingerprint density at radius 3 is 2.41 bits per heavy atom. The Morgan fingerprint density at radius 2 is 1.80 bits per heavy atom. The number of unbranched alkanes of at least 4 members (excludes halogenated alkanes) is 3. The molecule has 4 rings (SSSR count). The van der Waals surface area contributed by atoms with E-state index in [-0.39, 0.29) is 37.6 Å². The summed E-state index contributed by atoms with van der Waals surface area (Å²) in [6.45, 7) is 7.15. The van der Waals surface area contributed by atoms with E-state index in [1.54, 1.807) is 0 Å². The van der Waals surface area contributed by atoms with Crippen LogP contribution in [0.5, 0.6) is 0 Å². The predicted octanol–water partition coefficient (Wildman–Crippen LogP) is 1.61. The van der Waals surface area contributed by atoms with Crippen LogP contribution >= 0.6 is 0 Å². The van der Waals surface area contributed by atoms with E-state index in [2.05, 4.69) is 23.5 Å². The molecule has 0 bridgehead atoms. The summed E-state index contributed by atoms with van der Waals surface area (Å²) >= 11 is 0. The van der Waals surface area contributed by atoms with Crippen LogP contribution in [0.3, 0.4) is 0 Å². The van der Waals surface area contributed by atoms with Gasteiger partial charge in [0.15, 0.2) is 0 Å². The van der Waals surface area contributed by atoms with Crippen molar-refractivity contribution in [3.63, 3.8) is 0 Å². The number of β-amino-alcohol motifs (C(OH)–C–C–N with tert-alkyl or cyclic N) is 1. The molecule has 0 spiro atoms. The Hall–Kier alpha value is -2.47. The highest BCUT2D eigenvalue weighted by Crippen LogP contribution is 2.45. The van der Waals surface area contributed by atoms with Crippen LogP contribution in [-0.4, -0.2) is 89.5 Å². The van der Waals surface area contributed by atoms with E-state index in [0.29, 0.717) is 32.4 Å². The summed E-state index contributed by atoms with van der Waals surface area (Å²) in [5.41, 5.74) is -1.47. The number of piperidine rings is 1. The van der Waals surface area contributed by atoms with Crippen molar-refractivity contribution in [3.05, 3.63) is 12.7 Å². The van der Waals surface area contributed by atoms with Crippen molar-refractivity contribution in [2.24, 2.45) is 11.8 Å². The summed E-state index contributed by atoms with van der Waals surface area (Å²) in [4.78, 5) is 56.9. The highest BCUT2D eigenvalue weighted by molar-refractivity contribution is 7.91. The van der Waals surface area contributed by atoms with Gasteiger partial charge in [0.05, 0.1) is 11.4 Å². The third-order valence-corrected chi connectivity index (χ3v) is 10.8. The van der Waals surface area contributed by atoms with Crippen LogP contribution in [0.25, 0.3) is 0 Å². The average Bonchev–Trinajstić information content (AvgIpc) is 3.87. The molecule has 0 aromatic carbocycles. The van der Waals surface area contributed by atoms with Crippen LogP contribution in [0.2, 0.25) is 0 Å². The Bertz CT molecular complexity index is 1120.